The zero-order valence-electron chi connectivity index (χ0n) is 19.6. The fourth-order valence-corrected chi connectivity index (χ4v) is 5.14. The predicted octanol–water partition coefficient (Wildman–Crippen LogP) is 6.34. The zero-order chi connectivity index (χ0) is 24.0. The summed E-state index contributed by atoms with van der Waals surface area (Å²) < 4.78 is 31.0. The minimum absolute atomic E-state index is 0.0206. The summed E-state index contributed by atoms with van der Waals surface area (Å²) in [6.45, 7) is 7.11. The molecular formula is C28H27F2N3O. The Kier molecular flexibility index (Phi) is 5.68. The highest BCUT2D eigenvalue weighted by atomic mass is 19.1. The number of aromatic nitrogens is 2. The standard InChI is InChI=1S/C28H27F2N3O/c1-17(2)27-21(28(34)32-15-14-20(16-32)19-8-5-4-6-9-19)12-13-24-25(18(3)31-33(24)27)26-22(29)10-7-11-23(26)30/h4-13,17,20H,14-16H2,1-3H3. The van der Waals surface area contributed by atoms with Crippen LogP contribution >= 0.6 is 0 Å². The van der Waals surface area contributed by atoms with Crippen molar-refractivity contribution in [2.75, 3.05) is 13.1 Å². The van der Waals surface area contributed by atoms with E-state index in [1.54, 1.807) is 23.6 Å². The van der Waals surface area contributed by atoms with Gasteiger partial charge >= 0.3 is 0 Å². The van der Waals surface area contributed by atoms with Crippen LogP contribution < -0.4 is 0 Å². The van der Waals surface area contributed by atoms with Crippen LogP contribution in [0.2, 0.25) is 0 Å². The average molecular weight is 460 g/mol. The van der Waals surface area contributed by atoms with Gasteiger partial charge in [-0.1, -0.05) is 50.2 Å². The summed E-state index contributed by atoms with van der Waals surface area (Å²) in [7, 11) is 0. The molecule has 0 radical (unpaired) electrons. The lowest BCUT2D eigenvalue weighted by Gasteiger charge is -2.21. The number of rotatable bonds is 4. The Morgan fingerprint density at radius 1 is 0.971 bits per heavy atom. The number of carbonyl (C=O) groups excluding carboxylic acids is 1. The van der Waals surface area contributed by atoms with E-state index in [0.29, 0.717) is 41.3 Å². The van der Waals surface area contributed by atoms with Crippen molar-refractivity contribution in [2.45, 2.75) is 39.0 Å². The summed E-state index contributed by atoms with van der Waals surface area (Å²) in [4.78, 5) is 15.5. The van der Waals surface area contributed by atoms with Gasteiger partial charge in [0, 0.05) is 24.6 Å². The number of likely N-dealkylation sites (tertiary alicyclic amines) is 1. The lowest BCUT2D eigenvalue weighted by molar-refractivity contribution is 0.0788. The third-order valence-electron chi connectivity index (χ3n) is 6.74. The Labute approximate surface area is 197 Å². The van der Waals surface area contributed by atoms with Gasteiger partial charge in [-0.2, -0.15) is 5.10 Å². The normalized spacial score (nSPS) is 16.1. The maximum absolute atomic E-state index is 14.6. The van der Waals surface area contributed by atoms with Gasteiger partial charge in [0.25, 0.3) is 5.91 Å². The summed E-state index contributed by atoms with van der Waals surface area (Å²) in [5.41, 5.74) is 4.01. The van der Waals surface area contributed by atoms with Crippen molar-refractivity contribution >= 4 is 11.4 Å². The lowest BCUT2D eigenvalue weighted by Crippen LogP contribution is -2.30. The van der Waals surface area contributed by atoms with Crippen molar-refractivity contribution in [2.24, 2.45) is 0 Å². The van der Waals surface area contributed by atoms with Crippen LogP contribution in [0, 0.1) is 18.6 Å². The topological polar surface area (TPSA) is 37.6 Å². The van der Waals surface area contributed by atoms with Gasteiger partial charge < -0.3 is 4.90 Å². The third kappa shape index (κ3) is 3.67. The first-order valence-corrected chi connectivity index (χ1v) is 11.7. The van der Waals surface area contributed by atoms with Crippen molar-refractivity contribution < 1.29 is 13.6 Å². The molecule has 1 aliphatic heterocycles. The number of hydrogen-bond acceptors (Lipinski definition) is 2. The van der Waals surface area contributed by atoms with E-state index in [2.05, 4.69) is 17.2 Å². The smallest absolute Gasteiger partial charge is 0.255 e. The highest BCUT2D eigenvalue weighted by Gasteiger charge is 2.31. The first-order chi connectivity index (χ1) is 16.4. The molecule has 2 aromatic carbocycles. The molecular weight excluding hydrogens is 432 g/mol. The van der Waals surface area contributed by atoms with E-state index in [9.17, 15) is 13.6 Å². The minimum Gasteiger partial charge on any atom is -0.338 e. The SMILES string of the molecule is Cc1nn2c(C(C)C)c(C(=O)N3CCC(c4ccccc4)C3)ccc2c1-c1c(F)cccc1F. The van der Waals surface area contributed by atoms with Crippen molar-refractivity contribution in [1.82, 2.24) is 14.5 Å². The van der Waals surface area contributed by atoms with Crippen LogP contribution in [0.4, 0.5) is 8.78 Å². The van der Waals surface area contributed by atoms with Gasteiger partial charge in [0.1, 0.15) is 11.6 Å². The number of amides is 1. The number of nitrogens with zero attached hydrogens (tertiary/aromatic N) is 3. The number of fused-ring (bicyclic) bond motifs is 1. The van der Waals surface area contributed by atoms with Crippen LogP contribution in [0.25, 0.3) is 16.6 Å². The summed E-state index contributed by atoms with van der Waals surface area (Å²) in [6, 6.07) is 17.7. The van der Waals surface area contributed by atoms with E-state index >= 15 is 0 Å². The number of hydrogen-bond donors (Lipinski definition) is 0. The van der Waals surface area contributed by atoms with Gasteiger partial charge in [0.15, 0.2) is 0 Å². The summed E-state index contributed by atoms with van der Waals surface area (Å²) in [5.74, 6) is -0.996. The first-order valence-electron chi connectivity index (χ1n) is 11.7. The van der Waals surface area contributed by atoms with E-state index in [1.807, 2.05) is 36.9 Å². The maximum atomic E-state index is 14.6. The number of benzene rings is 2. The molecule has 34 heavy (non-hydrogen) atoms. The summed E-state index contributed by atoms with van der Waals surface area (Å²) in [6.07, 6.45) is 0.923. The Balaban J connectivity index is 1.57. The molecule has 0 aliphatic carbocycles. The number of aryl methyl sites for hydroxylation is 1. The molecule has 4 nitrogen and oxygen atoms in total. The molecule has 1 unspecified atom stereocenters. The van der Waals surface area contributed by atoms with Gasteiger partial charge in [-0.15, -0.1) is 0 Å². The van der Waals surface area contributed by atoms with Gasteiger partial charge in [-0.3, -0.25) is 4.79 Å². The molecule has 4 aromatic rings. The van der Waals surface area contributed by atoms with E-state index < -0.39 is 11.6 Å². The molecule has 0 bridgehead atoms. The fourth-order valence-electron chi connectivity index (χ4n) is 5.14. The Hall–Kier alpha value is -3.54. The second-order valence-electron chi connectivity index (χ2n) is 9.29. The number of halogens is 2. The van der Waals surface area contributed by atoms with Crippen LogP contribution in [0.5, 0.6) is 0 Å². The highest BCUT2D eigenvalue weighted by molar-refractivity contribution is 5.97. The molecule has 3 heterocycles. The number of carbonyl (C=O) groups is 1. The Morgan fingerprint density at radius 3 is 2.35 bits per heavy atom. The monoisotopic (exact) mass is 459 g/mol. The molecule has 0 spiro atoms. The second kappa shape index (κ2) is 8.67. The van der Waals surface area contributed by atoms with E-state index in [0.717, 1.165) is 12.1 Å². The number of pyridine rings is 1. The lowest BCUT2D eigenvalue weighted by atomic mass is 9.98. The Bertz CT molecular complexity index is 1360. The molecule has 1 aliphatic rings. The molecule has 2 aromatic heterocycles. The third-order valence-corrected chi connectivity index (χ3v) is 6.74. The van der Waals surface area contributed by atoms with Crippen molar-refractivity contribution in [3.05, 3.63) is 94.8 Å². The van der Waals surface area contributed by atoms with Gasteiger partial charge in [-0.05, 0) is 49.1 Å². The summed E-state index contributed by atoms with van der Waals surface area (Å²) >= 11 is 0. The van der Waals surface area contributed by atoms with Crippen molar-refractivity contribution in [1.29, 1.82) is 0 Å². The van der Waals surface area contributed by atoms with Crippen molar-refractivity contribution in [3.8, 4) is 11.1 Å². The fraction of sp³-hybridized carbons (Fsp3) is 0.286. The van der Waals surface area contributed by atoms with Crippen molar-refractivity contribution in [3.63, 3.8) is 0 Å². The van der Waals surface area contributed by atoms with Gasteiger partial charge in [0.2, 0.25) is 0 Å². The predicted molar refractivity (Wildman–Crippen MR) is 129 cm³/mol. The quantitative estimate of drug-likeness (QED) is 0.357. The molecule has 1 atom stereocenters. The second-order valence-corrected chi connectivity index (χ2v) is 9.29. The van der Waals surface area contributed by atoms with Crippen LogP contribution in [0.3, 0.4) is 0 Å². The van der Waals surface area contributed by atoms with Crippen LogP contribution in [0.1, 0.15) is 59.4 Å². The zero-order valence-corrected chi connectivity index (χ0v) is 19.6. The molecule has 1 fully saturated rings. The average Bonchev–Trinajstić information content (AvgIpc) is 3.43. The molecule has 1 amide bonds. The maximum Gasteiger partial charge on any atom is 0.255 e. The molecule has 5 rings (SSSR count). The molecule has 6 heteroatoms. The molecule has 1 saturated heterocycles. The molecule has 0 saturated carbocycles. The first kappa shape index (κ1) is 22.3. The van der Waals surface area contributed by atoms with E-state index in [-0.39, 0.29) is 17.4 Å². The Morgan fingerprint density at radius 2 is 1.68 bits per heavy atom. The highest BCUT2D eigenvalue weighted by Crippen LogP contribution is 2.36. The van der Waals surface area contributed by atoms with Gasteiger partial charge in [0.05, 0.1) is 28.0 Å². The minimum atomic E-state index is -0.631. The molecule has 0 N–H and O–H groups in total. The molecule has 174 valence electrons. The van der Waals surface area contributed by atoms with Crippen LogP contribution in [0.15, 0.2) is 60.7 Å². The van der Waals surface area contributed by atoms with E-state index in [1.165, 1.54) is 23.8 Å². The summed E-state index contributed by atoms with van der Waals surface area (Å²) in [5, 5.41) is 4.64. The van der Waals surface area contributed by atoms with Crippen LogP contribution in [-0.4, -0.2) is 33.5 Å². The van der Waals surface area contributed by atoms with Gasteiger partial charge in [-0.25, -0.2) is 13.3 Å². The largest absolute Gasteiger partial charge is 0.338 e. The van der Waals surface area contributed by atoms with E-state index in [4.69, 9.17) is 0 Å². The van der Waals surface area contributed by atoms with Crippen LogP contribution in [-0.2, 0) is 0 Å².